The number of piperidine rings is 1. The summed E-state index contributed by atoms with van der Waals surface area (Å²) in [6.45, 7) is 9.34. The van der Waals surface area contributed by atoms with Gasteiger partial charge < -0.3 is 24.4 Å². The van der Waals surface area contributed by atoms with Gasteiger partial charge in [-0.1, -0.05) is 91.0 Å². The van der Waals surface area contributed by atoms with Gasteiger partial charge in [0.25, 0.3) is 0 Å². The van der Waals surface area contributed by atoms with Crippen LogP contribution in [-0.2, 0) is 10.3 Å². The van der Waals surface area contributed by atoms with Gasteiger partial charge in [0, 0.05) is 38.4 Å². The quantitative estimate of drug-likeness (QED) is 0.176. The molecule has 1 N–H and O–H groups in total. The van der Waals surface area contributed by atoms with E-state index in [1.165, 1.54) is 0 Å². The lowest BCUT2D eigenvalue weighted by molar-refractivity contribution is 0.0134. The van der Waals surface area contributed by atoms with Crippen LogP contribution in [0, 0.1) is 23.2 Å². The molecular weight excluding hydrogens is 622 g/mol. The molecule has 0 saturated carbocycles. The number of fused-ring (bicyclic) bond motifs is 1. The topological polar surface area (TPSA) is 99.3 Å². The highest BCUT2D eigenvalue weighted by Crippen LogP contribution is 2.43. The molecule has 0 bridgehead atoms. The average Bonchev–Trinajstić information content (AvgIpc) is 3.77. The zero-order valence-corrected chi connectivity index (χ0v) is 29.1. The Hall–Kier alpha value is -5.20. The van der Waals surface area contributed by atoms with E-state index in [9.17, 15) is 10.1 Å². The Morgan fingerprint density at radius 3 is 2.06 bits per heavy atom. The molecule has 2 fully saturated rings. The van der Waals surface area contributed by atoms with Crippen molar-refractivity contribution < 1.29 is 9.53 Å². The molecule has 2 saturated heterocycles. The van der Waals surface area contributed by atoms with Gasteiger partial charge in [0.05, 0.1) is 17.4 Å². The number of amides is 1. The molecule has 256 valence electrons. The molecule has 2 aromatic heterocycles. The molecule has 50 heavy (non-hydrogen) atoms. The molecule has 2 aliphatic heterocycles. The van der Waals surface area contributed by atoms with Crippen LogP contribution >= 0.6 is 0 Å². The summed E-state index contributed by atoms with van der Waals surface area (Å²) in [5.74, 6) is 1.02. The zero-order chi connectivity index (χ0) is 34.7. The molecule has 0 radical (unpaired) electrons. The van der Waals surface area contributed by atoms with Gasteiger partial charge in [-0.2, -0.15) is 5.26 Å². The smallest absolute Gasteiger partial charge is 0.410 e. The predicted molar refractivity (Wildman–Crippen MR) is 196 cm³/mol. The van der Waals surface area contributed by atoms with Gasteiger partial charge in [-0.05, 0) is 68.8 Å². The minimum atomic E-state index is -0.711. The summed E-state index contributed by atoms with van der Waals surface area (Å²) in [7, 11) is 0. The van der Waals surface area contributed by atoms with E-state index in [4.69, 9.17) is 14.7 Å². The van der Waals surface area contributed by atoms with E-state index in [0.29, 0.717) is 13.1 Å². The number of hydrogen-bond acceptors (Lipinski definition) is 7. The third-order valence-corrected chi connectivity index (χ3v) is 9.92. The molecule has 4 heterocycles. The molecule has 3 aromatic carbocycles. The number of ether oxygens (including phenoxy) is 1. The number of hydrogen-bond donors (Lipinski definition) is 1. The van der Waals surface area contributed by atoms with Crippen LogP contribution in [0.1, 0.15) is 50.3 Å². The number of nitrogens with zero attached hydrogens (tertiary/aromatic N) is 6. The summed E-state index contributed by atoms with van der Waals surface area (Å²) < 4.78 is 8.11. The van der Waals surface area contributed by atoms with E-state index in [1.807, 2.05) is 43.9 Å². The van der Waals surface area contributed by atoms with E-state index < -0.39 is 11.1 Å². The summed E-state index contributed by atoms with van der Waals surface area (Å²) in [5, 5.41) is 14.1. The van der Waals surface area contributed by atoms with Crippen LogP contribution in [0.5, 0.6) is 0 Å². The second kappa shape index (κ2) is 14.0. The summed E-state index contributed by atoms with van der Waals surface area (Å²) >= 11 is 0. The predicted octanol–water partition coefficient (Wildman–Crippen LogP) is 7.15. The Morgan fingerprint density at radius 1 is 0.880 bits per heavy atom. The third kappa shape index (κ3) is 6.68. The molecule has 0 aliphatic carbocycles. The molecule has 7 rings (SSSR count). The first-order chi connectivity index (χ1) is 24.2. The van der Waals surface area contributed by atoms with Gasteiger partial charge >= 0.3 is 6.09 Å². The average molecular weight is 668 g/mol. The number of likely N-dealkylation sites (tertiary alicyclic amines) is 2. The number of benzene rings is 3. The normalized spacial score (nSPS) is 20.0. The van der Waals surface area contributed by atoms with Crippen molar-refractivity contribution in [1.29, 1.82) is 5.26 Å². The second-order valence-corrected chi connectivity index (χ2v) is 14.7. The maximum absolute atomic E-state index is 13.4. The monoisotopic (exact) mass is 667 g/mol. The van der Waals surface area contributed by atoms with Crippen molar-refractivity contribution in [2.24, 2.45) is 11.8 Å². The minimum absolute atomic E-state index is 0.0563. The number of anilines is 1. The van der Waals surface area contributed by atoms with Crippen LogP contribution in [0.2, 0.25) is 0 Å². The molecule has 2 aliphatic rings. The van der Waals surface area contributed by atoms with Gasteiger partial charge in [0.2, 0.25) is 0 Å². The van der Waals surface area contributed by atoms with Crippen molar-refractivity contribution in [3.05, 3.63) is 126 Å². The number of carbonyl (C=O) groups excluding carboxylic acids is 1. The van der Waals surface area contributed by atoms with Gasteiger partial charge in [0.15, 0.2) is 0 Å². The van der Waals surface area contributed by atoms with Crippen LogP contribution in [-0.4, -0.2) is 74.8 Å². The molecular formula is C41H45N7O2. The maximum Gasteiger partial charge on any atom is 0.410 e. The SMILES string of the molecule is CC(C)(C)OC(=O)N1C[C@H](CN2CC[C@H](C#N)C2)C[C@H](Nc2ncnc3c2ccn3C(c2ccccc2)(c2ccccc2)c2ccccc2)C1. The Morgan fingerprint density at radius 2 is 1.50 bits per heavy atom. The van der Waals surface area contributed by atoms with Crippen molar-refractivity contribution in [2.45, 2.75) is 50.8 Å². The van der Waals surface area contributed by atoms with E-state index in [-0.39, 0.29) is 24.0 Å². The van der Waals surface area contributed by atoms with Crippen molar-refractivity contribution in [3.8, 4) is 6.07 Å². The Balaban J connectivity index is 1.27. The number of nitrogens with one attached hydrogen (secondary N) is 1. The highest BCUT2D eigenvalue weighted by molar-refractivity contribution is 5.88. The lowest BCUT2D eigenvalue weighted by Gasteiger charge is -2.40. The van der Waals surface area contributed by atoms with Crippen molar-refractivity contribution >= 4 is 22.9 Å². The molecule has 5 aromatic rings. The minimum Gasteiger partial charge on any atom is -0.444 e. The zero-order valence-electron chi connectivity index (χ0n) is 29.1. The first-order valence-electron chi connectivity index (χ1n) is 17.6. The molecule has 0 unspecified atom stereocenters. The van der Waals surface area contributed by atoms with Crippen LogP contribution in [0.3, 0.4) is 0 Å². The molecule has 3 atom stereocenters. The lowest BCUT2D eigenvalue weighted by Crippen LogP contribution is -2.52. The van der Waals surface area contributed by atoms with Crippen LogP contribution < -0.4 is 5.32 Å². The largest absolute Gasteiger partial charge is 0.444 e. The fourth-order valence-electron chi connectivity index (χ4n) is 7.87. The fourth-order valence-corrected chi connectivity index (χ4v) is 7.87. The maximum atomic E-state index is 13.4. The van der Waals surface area contributed by atoms with E-state index in [0.717, 1.165) is 66.0 Å². The third-order valence-electron chi connectivity index (χ3n) is 9.92. The second-order valence-electron chi connectivity index (χ2n) is 14.7. The summed E-state index contributed by atoms with van der Waals surface area (Å²) in [6, 6.07) is 36.2. The van der Waals surface area contributed by atoms with Gasteiger partial charge in [0.1, 0.15) is 28.9 Å². The number of aromatic nitrogens is 3. The van der Waals surface area contributed by atoms with Gasteiger partial charge in [-0.15, -0.1) is 0 Å². The highest BCUT2D eigenvalue weighted by atomic mass is 16.6. The standard InChI is InChI=1S/C41H45N7O2/c1-40(2,3)50-39(49)47-27-31(26-46-21-19-30(24-42)25-46)23-35(28-47)45-37-36-20-22-48(38(36)44-29-43-37)41(32-13-7-4-8-14-32,33-15-9-5-10-16-33)34-17-11-6-12-18-34/h4-18,20,22,29-31,35H,19,21,23,25-28H2,1-3H3,(H,43,44,45)/t30-,31+,35+/m1/s1. The Bertz CT molecular complexity index is 1850. The van der Waals surface area contributed by atoms with Crippen molar-refractivity contribution in [3.63, 3.8) is 0 Å². The Labute approximate surface area is 294 Å². The van der Waals surface area contributed by atoms with E-state index in [1.54, 1.807) is 6.33 Å². The van der Waals surface area contributed by atoms with Crippen LogP contribution in [0.4, 0.5) is 10.6 Å². The Kier molecular flexibility index (Phi) is 9.30. The van der Waals surface area contributed by atoms with Crippen molar-refractivity contribution in [1.82, 2.24) is 24.3 Å². The van der Waals surface area contributed by atoms with Gasteiger partial charge in [-0.25, -0.2) is 14.8 Å². The summed E-state index contributed by atoms with van der Waals surface area (Å²) in [6.07, 6.45) is 5.20. The highest BCUT2D eigenvalue weighted by Gasteiger charge is 2.40. The lowest BCUT2D eigenvalue weighted by atomic mass is 9.76. The number of carbonyl (C=O) groups is 1. The molecule has 1 amide bonds. The molecule has 9 heteroatoms. The van der Waals surface area contributed by atoms with Gasteiger partial charge in [-0.3, -0.25) is 0 Å². The first-order valence-corrected chi connectivity index (χ1v) is 17.6. The summed E-state index contributed by atoms with van der Waals surface area (Å²) in [5.41, 5.74) is 2.85. The number of rotatable bonds is 8. The van der Waals surface area contributed by atoms with E-state index in [2.05, 4.69) is 106 Å². The van der Waals surface area contributed by atoms with E-state index >= 15 is 0 Å². The molecule has 0 spiro atoms. The van der Waals surface area contributed by atoms with Crippen LogP contribution in [0.25, 0.3) is 11.0 Å². The number of nitriles is 1. The fraction of sp³-hybridized carbons (Fsp3) is 0.366. The van der Waals surface area contributed by atoms with Crippen molar-refractivity contribution in [2.75, 3.05) is 38.0 Å². The van der Waals surface area contributed by atoms with Crippen LogP contribution in [0.15, 0.2) is 110 Å². The molecule has 9 nitrogen and oxygen atoms in total. The summed E-state index contributed by atoms with van der Waals surface area (Å²) in [4.78, 5) is 27.3. The first kappa shape index (κ1) is 33.3.